The van der Waals surface area contributed by atoms with Crippen LogP contribution in [0, 0.1) is 0 Å². The van der Waals surface area contributed by atoms with Gasteiger partial charge in [-0.3, -0.25) is 0 Å². The zero-order chi connectivity index (χ0) is 14.6. The molecule has 2 N–H and O–H groups in total. The lowest BCUT2D eigenvalue weighted by molar-refractivity contribution is 0.213. The SMILES string of the molecule is CCCS(=O)(=O)CCC1(CN)CCOc2ccccc21. The third kappa shape index (κ3) is 3.15. The Morgan fingerprint density at radius 2 is 2.05 bits per heavy atom. The molecule has 1 heterocycles. The molecule has 0 radical (unpaired) electrons. The second-order valence-corrected chi connectivity index (χ2v) is 7.78. The fraction of sp³-hybridized carbons (Fsp3) is 0.600. The van der Waals surface area contributed by atoms with Crippen LogP contribution in [0.15, 0.2) is 24.3 Å². The maximum atomic E-state index is 12.0. The molecule has 4 nitrogen and oxygen atoms in total. The van der Waals surface area contributed by atoms with E-state index in [9.17, 15) is 8.42 Å². The smallest absolute Gasteiger partial charge is 0.150 e. The predicted octanol–water partition coefficient (Wildman–Crippen LogP) is 1.88. The Labute approximate surface area is 121 Å². The zero-order valence-electron chi connectivity index (χ0n) is 12.0. The van der Waals surface area contributed by atoms with Crippen LogP contribution in [0.25, 0.3) is 0 Å². The summed E-state index contributed by atoms with van der Waals surface area (Å²) in [4.78, 5) is 0. The maximum Gasteiger partial charge on any atom is 0.150 e. The van der Waals surface area contributed by atoms with Gasteiger partial charge in [0.05, 0.1) is 12.4 Å². The number of ether oxygens (including phenoxy) is 1. The molecule has 0 fully saturated rings. The molecule has 1 aromatic carbocycles. The van der Waals surface area contributed by atoms with E-state index < -0.39 is 9.84 Å². The summed E-state index contributed by atoms with van der Waals surface area (Å²) in [6.07, 6.45) is 2.02. The Hall–Kier alpha value is -1.07. The molecule has 1 aromatic rings. The van der Waals surface area contributed by atoms with Crippen LogP contribution < -0.4 is 10.5 Å². The van der Waals surface area contributed by atoms with E-state index in [1.54, 1.807) is 0 Å². The van der Waals surface area contributed by atoms with Gasteiger partial charge in [0.1, 0.15) is 15.6 Å². The Morgan fingerprint density at radius 3 is 2.75 bits per heavy atom. The van der Waals surface area contributed by atoms with Crippen molar-refractivity contribution in [2.75, 3.05) is 24.7 Å². The average Bonchev–Trinajstić information content (AvgIpc) is 2.45. The van der Waals surface area contributed by atoms with Crippen molar-refractivity contribution < 1.29 is 13.2 Å². The highest BCUT2D eigenvalue weighted by molar-refractivity contribution is 7.91. The Bertz CT molecular complexity index is 556. The largest absolute Gasteiger partial charge is 0.493 e. The summed E-state index contributed by atoms with van der Waals surface area (Å²) in [5, 5.41) is 0. The number of para-hydroxylation sites is 1. The molecular weight excluding hydrogens is 274 g/mol. The zero-order valence-corrected chi connectivity index (χ0v) is 12.8. The van der Waals surface area contributed by atoms with Crippen molar-refractivity contribution in [1.29, 1.82) is 0 Å². The first-order valence-electron chi connectivity index (χ1n) is 7.16. The minimum absolute atomic E-state index is 0.201. The summed E-state index contributed by atoms with van der Waals surface area (Å²) in [5.41, 5.74) is 6.79. The maximum absolute atomic E-state index is 12.0. The molecule has 0 spiro atoms. The predicted molar refractivity (Wildman–Crippen MR) is 80.8 cm³/mol. The van der Waals surface area contributed by atoms with E-state index in [-0.39, 0.29) is 16.9 Å². The van der Waals surface area contributed by atoms with E-state index in [4.69, 9.17) is 10.5 Å². The topological polar surface area (TPSA) is 69.4 Å². The van der Waals surface area contributed by atoms with Gasteiger partial charge in [-0.05, 0) is 25.3 Å². The number of rotatable bonds is 6. The number of benzene rings is 1. The lowest BCUT2D eigenvalue weighted by Gasteiger charge is -2.38. The van der Waals surface area contributed by atoms with Gasteiger partial charge in [-0.1, -0.05) is 25.1 Å². The lowest BCUT2D eigenvalue weighted by atomic mass is 9.74. The van der Waals surface area contributed by atoms with Gasteiger partial charge in [0.25, 0.3) is 0 Å². The van der Waals surface area contributed by atoms with Crippen LogP contribution in [0.1, 0.15) is 31.7 Å². The molecule has 20 heavy (non-hydrogen) atoms. The molecule has 0 aliphatic carbocycles. The second-order valence-electron chi connectivity index (χ2n) is 5.48. The summed E-state index contributed by atoms with van der Waals surface area (Å²) >= 11 is 0. The highest BCUT2D eigenvalue weighted by Gasteiger charge is 2.37. The number of hydrogen-bond donors (Lipinski definition) is 1. The van der Waals surface area contributed by atoms with Crippen LogP contribution in [0.2, 0.25) is 0 Å². The second kappa shape index (κ2) is 6.14. The van der Waals surface area contributed by atoms with Crippen LogP contribution in [0.5, 0.6) is 5.75 Å². The van der Waals surface area contributed by atoms with Crippen molar-refractivity contribution in [3.63, 3.8) is 0 Å². The molecule has 1 unspecified atom stereocenters. The molecule has 0 aromatic heterocycles. The van der Waals surface area contributed by atoms with E-state index in [2.05, 4.69) is 0 Å². The minimum Gasteiger partial charge on any atom is -0.493 e. The molecule has 2 rings (SSSR count). The van der Waals surface area contributed by atoms with Gasteiger partial charge in [-0.15, -0.1) is 0 Å². The Kier molecular flexibility index (Phi) is 4.70. The van der Waals surface area contributed by atoms with E-state index in [0.29, 0.717) is 26.0 Å². The van der Waals surface area contributed by atoms with Gasteiger partial charge < -0.3 is 10.5 Å². The molecule has 1 aliphatic rings. The van der Waals surface area contributed by atoms with E-state index in [0.717, 1.165) is 17.7 Å². The van der Waals surface area contributed by atoms with Crippen molar-refractivity contribution in [1.82, 2.24) is 0 Å². The van der Waals surface area contributed by atoms with Gasteiger partial charge in [-0.2, -0.15) is 0 Å². The molecule has 0 saturated carbocycles. The van der Waals surface area contributed by atoms with E-state index >= 15 is 0 Å². The highest BCUT2D eigenvalue weighted by Crippen LogP contribution is 2.40. The van der Waals surface area contributed by atoms with Crippen LogP contribution in [0.3, 0.4) is 0 Å². The quantitative estimate of drug-likeness (QED) is 0.870. The van der Waals surface area contributed by atoms with Gasteiger partial charge in [0, 0.05) is 23.3 Å². The molecule has 1 aliphatic heterocycles. The monoisotopic (exact) mass is 297 g/mol. The van der Waals surface area contributed by atoms with Crippen molar-refractivity contribution in [3.8, 4) is 5.75 Å². The third-order valence-electron chi connectivity index (χ3n) is 4.09. The van der Waals surface area contributed by atoms with Gasteiger partial charge in [0.2, 0.25) is 0 Å². The van der Waals surface area contributed by atoms with Crippen molar-refractivity contribution in [2.45, 2.75) is 31.6 Å². The van der Waals surface area contributed by atoms with E-state index in [1.165, 1.54) is 0 Å². The van der Waals surface area contributed by atoms with Crippen molar-refractivity contribution in [3.05, 3.63) is 29.8 Å². The highest BCUT2D eigenvalue weighted by atomic mass is 32.2. The lowest BCUT2D eigenvalue weighted by Crippen LogP contribution is -2.41. The van der Waals surface area contributed by atoms with Crippen LogP contribution in [-0.4, -0.2) is 33.1 Å². The molecule has 112 valence electrons. The van der Waals surface area contributed by atoms with Gasteiger partial charge in [0.15, 0.2) is 0 Å². The van der Waals surface area contributed by atoms with Crippen LogP contribution in [-0.2, 0) is 15.3 Å². The standard InChI is InChI=1S/C15H23NO3S/c1-2-10-20(17,18)11-8-15(12-16)7-9-19-14-6-4-3-5-13(14)15/h3-6H,2,7-12,16H2,1H3. The number of nitrogens with two attached hydrogens (primary N) is 1. The third-order valence-corrected chi connectivity index (χ3v) is 5.95. The summed E-state index contributed by atoms with van der Waals surface area (Å²) in [6.45, 7) is 2.94. The molecule has 0 saturated heterocycles. The first-order valence-corrected chi connectivity index (χ1v) is 8.98. The Balaban J connectivity index is 2.23. The molecular formula is C15H23NO3S. The van der Waals surface area contributed by atoms with Gasteiger partial charge in [-0.25, -0.2) is 8.42 Å². The first-order chi connectivity index (χ1) is 9.53. The summed E-state index contributed by atoms with van der Waals surface area (Å²) < 4.78 is 29.6. The number of sulfone groups is 1. The van der Waals surface area contributed by atoms with Crippen molar-refractivity contribution in [2.24, 2.45) is 5.73 Å². The van der Waals surface area contributed by atoms with Crippen LogP contribution >= 0.6 is 0 Å². The van der Waals surface area contributed by atoms with Crippen LogP contribution in [0.4, 0.5) is 0 Å². The van der Waals surface area contributed by atoms with E-state index in [1.807, 2.05) is 31.2 Å². The Morgan fingerprint density at radius 1 is 1.30 bits per heavy atom. The summed E-state index contributed by atoms with van der Waals surface area (Å²) in [5.74, 6) is 1.30. The molecule has 0 bridgehead atoms. The van der Waals surface area contributed by atoms with Gasteiger partial charge >= 0.3 is 0 Å². The normalized spacial score (nSPS) is 22.1. The first kappa shape index (κ1) is 15.3. The minimum atomic E-state index is -2.98. The summed E-state index contributed by atoms with van der Waals surface area (Å²) in [6, 6.07) is 7.82. The number of hydrogen-bond acceptors (Lipinski definition) is 4. The molecule has 0 amide bonds. The molecule has 1 atom stereocenters. The fourth-order valence-corrected chi connectivity index (χ4v) is 4.39. The van der Waals surface area contributed by atoms with Crippen molar-refractivity contribution >= 4 is 9.84 Å². The fourth-order valence-electron chi connectivity index (χ4n) is 2.86. The summed E-state index contributed by atoms with van der Waals surface area (Å²) in [7, 11) is -2.98. The number of fused-ring (bicyclic) bond motifs is 1. The molecule has 5 heteroatoms. The average molecular weight is 297 g/mol.